The number of nitrogens with one attached hydrogen (secondary N) is 1. The van der Waals surface area contributed by atoms with Crippen molar-refractivity contribution < 1.29 is 14.7 Å². The van der Waals surface area contributed by atoms with E-state index in [1.165, 1.54) is 4.80 Å². The Bertz CT molecular complexity index is 768. The van der Waals surface area contributed by atoms with Crippen LogP contribution in [0.4, 0.5) is 0 Å². The molecule has 0 saturated heterocycles. The Hall–Kier alpha value is -2.77. The van der Waals surface area contributed by atoms with Crippen molar-refractivity contribution >= 4 is 11.9 Å². The highest BCUT2D eigenvalue weighted by Gasteiger charge is 2.50. The lowest BCUT2D eigenvalue weighted by Gasteiger charge is -2.20. The smallest absolute Gasteiger partial charge is 0.311 e. The van der Waals surface area contributed by atoms with E-state index in [0.29, 0.717) is 18.7 Å². The Morgan fingerprint density at radius 1 is 1.28 bits per heavy atom. The van der Waals surface area contributed by atoms with Crippen molar-refractivity contribution in [3.8, 4) is 11.4 Å². The highest BCUT2D eigenvalue weighted by Crippen LogP contribution is 2.45. The zero-order valence-corrected chi connectivity index (χ0v) is 14.2. The van der Waals surface area contributed by atoms with Gasteiger partial charge in [0.1, 0.15) is 0 Å². The van der Waals surface area contributed by atoms with E-state index in [1.807, 2.05) is 44.2 Å². The number of carbonyl (C=O) groups excluding carboxylic acids is 1. The van der Waals surface area contributed by atoms with E-state index < -0.39 is 17.4 Å². The molecule has 0 aliphatic heterocycles. The summed E-state index contributed by atoms with van der Waals surface area (Å²) in [6, 6.07) is 8.75. The topological polar surface area (TPSA) is 110 Å². The fourth-order valence-electron chi connectivity index (χ4n) is 2.70. The molecule has 1 fully saturated rings. The van der Waals surface area contributed by atoms with Crippen molar-refractivity contribution in [2.24, 2.45) is 11.3 Å². The largest absolute Gasteiger partial charge is 0.481 e. The van der Waals surface area contributed by atoms with Gasteiger partial charge in [-0.2, -0.15) is 4.80 Å². The molecular weight excluding hydrogens is 322 g/mol. The van der Waals surface area contributed by atoms with Crippen LogP contribution in [-0.4, -0.2) is 43.7 Å². The molecule has 0 radical (unpaired) electrons. The van der Waals surface area contributed by atoms with Gasteiger partial charge in [-0.25, -0.2) is 0 Å². The number of hydrogen-bond acceptors (Lipinski definition) is 5. The maximum atomic E-state index is 12.6. The number of carboxylic acid groups (broad SMARTS) is 1. The normalized spacial score (nSPS) is 16.4. The van der Waals surface area contributed by atoms with Gasteiger partial charge in [0.25, 0.3) is 0 Å². The van der Waals surface area contributed by atoms with Gasteiger partial charge in [-0.15, -0.1) is 10.2 Å². The third-order valence-corrected chi connectivity index (χ3v) is 4.52. The first-order chi connectivity index (χ1) is 11.9. The zero-order chi connectivity index (χ0) is 18.0. The maximum absolute atomic E-state index is 12.6. The lowest BCUT2D eigenvalue weighted by Crippen LogP contribution is -2.41. The number of hydrogen-bond donors (Lipinski definition) is 2. The van der Waals surface area contributed by atoms with Crippen LogP contribution in [0.3, 0.4) is 0 Å². The van der Waals surface area contributed by atoms with E-state index in [1.54, 1.807) is 0 Å². The highest BCUT2D eigenvalue weighted by molar-refractivity contribution is 5.83. The average Bonchev–Trinajstić information content (AvgIpc) is 3.25. The second kappa shape index (κ2) is 6.62. The standard InChI is InChI=1S/C17H21N5O3/c1-11(2)13(15(23)18-10-17(8-9-17)16(24)25)22-20-14(19-21-22)12-6-4-3-5-7-12/h3-7,11,13H,8-10H2,1-2H3,(H,18,23)(H,24,25). The summed E-state index contributed by atoms with van der Waals surface area (Å²) in [5.74, 6) is -0.778. The Balaban J connectivity index is 1.74. The van der Waals surface area contributed by atoms with Crippen molar-refractivity contribution in [2.45, 2.75) is 32.7 Å². The van der Waals surface area contributed by atoms with Gasteiger partial charge in [-0.05, 0) is 24.0 Å². The monoisotopic (exact) mass is 343 g/mol. The molecule has 1 atom stereocenters. The van der Waals surface area contributed by atoms with Crippen LogP contribution in [0.15, 0.2) is 30.3 Å². The molecular formula is C17H21N5O3. The average molecular weight is 343 g/mol. The molecule has 1 aliphatic carbocycles. The molecule has 2 N–H and O–H groups in total. The number of benzene rings is 1. The molecule has 1 aromatic heterocycles. The Morgan fingerprint density at radius 2 is 1.96 bits per heavy atom. The van der Waals surface area contributed by atoms with E-state index in [0.717, 1.165) is 5.56 Å². The number of rotatable bonds is 7. The van der Waals surface area contributed by atoms with Crippen molar-refractivity contribution in [2.75, 3.05) is 6.54 Å². The summed E-state index contributed by atoms with van der Waals surface area (Å²) in [7, 11) is 0. The molecule has 1 saturated carbocycles. The number of nitrogens with zero attached hydrogens (tertiary/aromatic N) is 4. The minimum atomic E-state index is -0.862. The lowest BCUT2D eigenvalue weighted by atomic mass is 10.0. The zero-order valence-electron chi connectivity index (χ0n) is 14.2. The predicted molar refractivity (Wildman–Crippen MR) is 89.4 cm³/mol. The molecule has 0 bridgehead atoms. The maximum Gasteiger partial charge on any atom is 0.311 e. The summed E-state index contributed by atoms with van der Waals surface area (Å²) in [6.45, 7) is 3.91. The van der Waals surface area contributed by atoms with Gasteiger partial charge in [-0.3, -0.25) is 9.59 Å². The Labute approximate surface area is 145 Å². The number of aromatic nitrogens is 4. The van der Waals surface area contributed by atoms with Crippen LogP contribution in [0.25, 0.3) is 11.4 Å². The fraction of sp³-hybridized carbons (Fsp3) is 0.471. The first-order valence-corrected chi connectivity index (χ1v) is 8.29. The van der Waals surface area contributed by atoms with E-state index >= 15 is 0 Å². The molecule has 1 unspecified atom stereocenters. The van der Waals surface area contributed by atoms with E-state index in [-0.39, 0.29) is 18.4 Å². The van der Waals surface area contributed by atoms with Crippen LogP contribution in [0.2, 0.25) is 0 Å². The van der Waals surface area contributed by atoms with E-state index in [4.69, 9.17) is 0 Å². The molecule has 8 nitrogen and oxygen atoms in total. The molecule has 25 heavy (non-hydrogen) atoms. The van der Waals surface area contributed by atoms with Crippen LogP contribution < -0.4 is 5.32 Å². The van der Waals surface area contributed by atoms with Crippen LogP contribution >= 0.6 is 0 Å². The summed E-state index contributed by atoms with van der Waals surface area (Å²) < 4.78 is 0. The Morgan fingerprint density at radius 3 is 2.52 bits per heavy atom. The van der Waals surface area contributed by atoms with Gasteiger partial charge in [0.15, 0.2) is 6.04 Å². The minimum Gasteiger partial charge on any atom is -0.481 e. The molecule has 132 valence electrons. The van der Waals surface area contributed by atoms with Crippen LogP contribution in [-0.2, 0) is 9.59 Å². The third-order valence-electron chi connectivity index (χ3n) is 4.52. The summed E-state index contributed by atoms with van der Waals surface area (Å²) in [5.41, 5.74) is 0.0156. The number of carboxylic acids is 1. The summed E-state index contributed by atoms with van der Waals surface area (Å²) >= 11 is 0. The summed E-state index contributed by atoms with van der Waals surface area (Å²) in [4.78, 5) is 25.1. The van der Waals surface area contributed by atoms with Crippen molar-refractivity contribution in [3.63, 3.8) is 0 Å². The van der Waals surface area contributed by atoms with Gasteiger partial charge in [0.05, 0.1) is 5.41 Å². The quantitative estimate of drug-likeness (QED) is 0.789. The lowest BCUT2D eigenvalue weighted by molar-refractivity contribution is -0.143. The van der Waals surface area contributed by atoms with Crippen molar-refractivity contribution in [3.05, 3.63) is 30.3 Å². The number of amides is 1. The number of aliphatic carboxylic acids is 1. The molecule has 1 amide bonds. The minimum absolute atomic E-state index is 0.0715. The molecule has 1 heterocycles. The van der Waals surface area contributed by atoms with Crippen LogP contribution in [0, 0.1) is 11.3 Å². The molecule has 3 rings (SSSR count). The molecule has 2 aromatic rings. The van der Waals surface area contributed by atoms with Gasteiger partial charge in [0, 0.05) is 12.1 Å². The van der Waals surface area contributed by atoms with Crippen molar-refractivity contribution in [1.29, 1.82) is 0 Å². The van der Waals surface area contributed by atoms with E-state index in [9.17, 15) is 14.7 Å². The highest BCUT2D eigenvalue weighted by atomic mass is 16.4. The first-order valence-electron chi connectivity index (χ1n) is 8.29. The molecule has 8 heteroatoms. The van der Waals surface area contributed by atoms with Crippen molar-refractivity contribution in [1.82, 2.24) is 25.5 Å². The first kappa shape index (κ1) is 17.1. The SMILES string of the molecule is CC(C)C(C(=O)NCC1(C(=O)O)CC1)n1nnc(-c2ccccc2)n1. The number of carbonyl (C=O) groups is 2. The second-order valence-corrected chi connectivity index (χ2v) is 6.79. The molecule has 1 aliphatic rings. The Kier molecular flexibility index (Phi) is 4.52. The van der Waals surface area contributed by atoms with Crippen LogP contribution in [0.1, 0.15) is 32.7 Å². The summed E-state index contributed by atoms with van der Waals surface area (Å²) in [5, 5.41) is 24.4. The fourth-order valence-corrected chi connectivity index (χ4v) is 2.70. The predicted octanol–water partition coefficient (Wildman–Crippen LogP) is 1.52. The molecule has 0 spiro atoms. The number of tetrazole rings is 1. The second-order valence-electron chi connectivity index (χ2n) is 6.79. The summed E-state index contributed by atoms with van der Waals surface area (Å²) in [6.07, 6.45) is 1.18. The van der Waals surface area contributed by atoms with Gasteiger partial charge < -0.3 is 10.4 Å². The third kappa shape index (κ3) is 3.52. The van der Waals surface area contributed by atoms with Gasteiger partial charge in [0.2, 0.25) is 11.7 Å². The molecule has 1 aromatic carbocycles. The van der Waals surface area contributed by atoms with Crippen LogP contribution in [0.5, 0.6) is 0 Å². The van der Waals surface area contributed by atoms with E-state index in [2.05, 4.69) is 20.7 Å². The van der Waals surface area contributed by atoms with Gasteiger partial charge in [-0.1, -0.05) is 44.2 Å². The van der Waals surface area contributed by atoms with Gasteiger partial charge >= 0.3 is 5.97 Å².